The minimum atomic E-state index is -0.0229. The topological polar surface area (TPSA) is 89.3 Å². The Bertz CT molecular complexity index is 400. The molecule has 18 heavy (non-hydrogen) atoms. The third kappa shape index (κ3) is 5.58. The number of nitrogens with two attached hydrogens (primary N) is 2. The zero-order valence-electron chi connectivity index (χ0n) is 10.5. The van der Waals surface area contributed by atoms with Gasteiger partial charge in [-0.1, -0.05) is 19.4 Å². The van der Waals surface area contributed by atoms with E-state index < -0.39 is 0 Å². The molecule has 1 unspecified atom stereocenters. The van der Waals surface area contributed by atoms with E-state index in [-0.39, 0.29) is 5.96 Å². The number of aliphatic imine (C=N–C) groups is 1. The number of pyridine rings is 1. The van der Waals surface area contributed by atoms with Gasteiger partial charge in [0.25, 0.3) is 0 Å². The van der Waals surface area contributed by atoms with Gasteiger partial charge in [0.1, 0.15) is 0 Å². The van der Waals surface area contributed by atoms with Crippen LogP contribution in [0.2, 0.25) is 0 Å². The van der Waals surface area contributed by atoms with Crippen LogP contribution in [0.1, 0.15) is 19.0 Å². The van der Waals surface area contributed by atoms with Crippen LogP contribution in [0, 0.1) is 5.92 Å². The molecule has 6 heteroatoms. The smallest absolute Gasteiger partial charge is 0.196 e. The Balaban J connectivity index is 2.43. The first-order chi connectivity index (χ1) is 8.61. The van der Waals surface area contributed by atoms with Gasteiger partial charge in [-0.05, 0) is 36.7 Å². The van der Waals surface area contributed by atoms with Crippen LogP contribution < -0.4 is 16.8 Å². The molecule has 0 aromatic carbocycles. The fraction of sp³-hybridized carbons (Fsp3) is 0.417. The van der Waals surface area contributed by atoms with E-state index in [4.69, 9.17) is 23.7 Å². The van der Waals surface area contributed by atoms with Crippen molar-refractivity contribution < 1.29 is 0 Å². The highest BCUT2D eigenvalue weighted by molar-refractivity contribution is 7.80. The second-order valence-electron chi connectivity index (χ2n) is 4.02. The molecule has 5 nitrogen and oxygen atoms in total. The van der Waals surface area contributed by atoms with E-state index in [1.54, 1.807) is 6.20 Å². The number of guanidine groups is 1. The van der Waals surface area contributed by atoms with Crippen molar-refractivity contribution in [3.63, 3.8) is 0 Å². The summed E-state index contributed by atoms with van der Waals surface area (Å²) in [4.78, 5) is 8.08. The Labute approximate surface area is 113 Å². The Morgan fingerprint density at radius 1 is 1.50 bits per heavy atom. The molecule has 0 aliphatic rings. The Morgan fingerprint density at radius 3 is 2.83 bits per heavy atom. The van der Waals surface area contributed by atoms with Crippen molar-refractivity contribution in [1.82, 2.24) is 10.3 Å². The quantitative estimate of drug-likeness (QED) is 0.416. The fourth-order valence-corrected chi connectivity index (χ4v) is 1.75. The van der Waals surface area contributed by atoms with Crippen LogP contribution in [-0.4, -0.2) is 22.6 Å². The lowest BCUT2D eigenvalue weighted by Gasteiger charge is -2.15. The summed E-state index contributed by atoms with van der Waals surface area (Å²) >= 11 is 4.99. The standard InChI is InChI=1S/C12H19N5S/c1-2-9(7-10-5-3-4-6-15-10)8-16-12(18)17-11(13)14/h3-6,9H,2,7-8H2,1H3,(H5,13,14,16,17,18). The van der Waals surface area contributed by atoms with Gasteiger partial charge >= 0.3 is 0 Å². The maximum Gasteiger partial charge on any atom is 0.196 e. The van der Waals surface area contributed by atoms with E-state index in [1.165, 1.54) is 0 Å². The van der Waals surface area contributed by atoms with Crippen LogP contribution in [-0.2, 0) is 6.42 Å². The van der Waals surface area contributed by atoms with Gasteiger partial charge in [0.15, 0.2) is 11.1 Å². The van der Waals surface area contributed by atoms with Gasteiger partial charge in [0.2, 0.25) is 0 Å². The average Bonchev–Trinajstić information content (AvgIpc) is 2.35. The van der Waals surface area contributed by atoms with Crippen molar-refractivity contribution in [3.8, 4) is 0 Å². The lowest BCUT2D eigenvalue weighted by molar-refractivity contribution is 0.492. The summed E-state index contributed by atoms with van der Waals surface area (Å²) in [6.07, 6.45) is 3.75. The molecule has 1 heterocycles. The summed E-state index contributed by atoms with van der Waals surface area (Å²) in [7, 11) is 0. The van der Waals surface area contributed by atoms with Crippen molar-refractivity contribution in [3.05, 3.63) is 30.1 Å². The molecule has 1 aromatic rings. The van der Waals surface area contributed by atoms with E-state index in [9.17, 15) is 0 Å². The van der Waals surface area contributed by atoms with Gasteiger partial charge in [-0.3, -0.25) is 4.98 Å². The Kier molecular flexibility index (Phi) is 6.07. The summed E-state index contributed by atoms with van der Waals surface area (Å²) in [5.74, 6) is 0.428. The minimum Gasteiger partial charge on any atom is -0.370 e. The molecule has 0 fully saturated rings. The number of hydrogen-bond donors (Lipinski definition) is 3. The van der Waals surface area contributed by atoms with Crippen molar-refractivity contribution >= 4 is 23.3 Å². The zero-order chi connectivity index (χ0) is 13.4. The molecule has 1 atom stereocenters. The zero-order valence-corrected chi connectivity index (χ0v) is 11.3. The van der Waals surface area contributed by atoms with Crippen LogP contribution in [0.15, 0.2) is 29.4 Å². The summed E-state index contributed by atoms with van der Waals surface area (Å²) in [6.45, 7) is 2.88. The average molecular weight is 265 g/mol. The minimum absolute atomic E-state index is 0.0229. The first-order valence-corrected chi connectivity index (χ1v) is 6.30. The molecule has 1 rings (SSSR count). The molecule has 0 aliphatic heterocycles. The monoisotopic (exact) mass is 265 g/mol. The van der Waals surface area contributed by atoms with Crippen LogP contribution in [0.25, 0.3) is 0 Å². The highest BCUT2D eigenvalue weighted by Gasteiger charge is 2.08. The van der Waals surface area contributed by atoms with Crippen LogP contribution in [0.3, 0.4) is 0 Å². The number of thiocarbonyl (C=S) groups is 1. The number of nitrogens with zero attached hydrogens (tertiary/aromatic N) is 2. The number of hydrogen-bond acceptors (Lipinski definition) is 2. The van der Waals surface area contributed by atoms with Gasteiger partial charge in [-0.2, -0.15) is 4.99 Å². The van der Waals surface area contributed by atoms with Crippen molar-refractivity contribution in [2.24, 2.45) is 22.4 Å². The molecule has 98 valence electrons. The summed E-state index contributed by atoms with van der Waals surface area (Å²) < 4.78 is 0. The molecule has 0 saturated carbocycles. The fourth-order valence-electron chi connectivity index (χ4n) is 1.56. The Hall–Kier alpha value is -1.69. The van der Waals surface area contributed by atoms with E-state index in [1.807, 2.05) is 18.2 Å². The first kappa shape index (κ1) is 14.4. The maximum absolute atomic E-state index is 5.25. The molecule has 0 saturated heterocycles. The molecule has 0 spiro atoms. The lowest BCUT2D eigenvalue weighted by atomic mass is 10.00. The van der Waals surface area contributed by atoms with Gasteiger partial charge in [-0.25, -0.2) is 0 Å². The van der Waals surface area contributed by atoms with Crippen LogP contribution >= 0.6 is 12.2 Å². The summed E-state index contributed by atoms with van der Waals surface area (Å²) in [5, 5.41) is 3.37. The van der Waals surface area contributed by atoms with Crippen molar-refractivity contribution in [2.75, 3.05) is 6.54 Å². The maximum atomic E-state index is 5.25. The molecule has 0 amide bonds. The molecule has 0 radical (unpaired) electrons. The van der Waals surface area contributed by atoms with Gasteiger partial charge in [0.05, 0.1) is 0 Å². The SMILES string of the molecule is CCC(CNC(=S)N=C(N)N)Cc1ccccn1. The predicted octanol–water partition coefficient (Wildman–Crippen LogP) is 0.798. The van der Waals surface area contributed by atoms with Crippen molar-refractivity contribution in [1.29, 1.82) is 0 Å². The highest BCUT2D eigenvalue weighted by Crippen LogP contribution is 2.09. The second-order valence-corrected chi connectivity index (χ2v) is 4.41. The molecular weight excluding hydrogens is 246 g/mol. The third-order valence-electron chi connectivity index (χ3n) is 2.57. The predicted molar refractivity (Wildman–Crippen MR) is 78.1 cm³/mol. The van der Waals surface area contributed by atoms with Gasteiger partial charge < -0.3 is 16.8 Å². The highest BCUT2D eigenvalue weighted by atomic mass is 32.1. The molecule has 1 aromatic heterocycles. The van der Waals surface area contributed by atoms with E-state index in [2.05, 4.69) is 22.2 Å². The van der Waals surface area contributed by atoms with E-state index >= 15 is 0 Å². The van der Waals surface area contributed by atoms with E-state index in [0.717, 1.165) is 25.1 Å². The summed E-state index contributed by atoms with van der Waals surface area (Å²) in [6, 6.07) is 5.93. The molecule has 0 aliphatic carbocycles. The van der Waals surface area contributed by atoms with Gasteiger partial charge in [0, 0.05) is 18.4 Å². The van der Waals surface area contributed by atoms with Crippen LogP contribution in [0.4, 0.5) is 0 Å². The summed E-state index contributed by atoms with van der Waals surface area (Å²) in [5.41, 5.74) is 11.6. The second kappa shape index (κ2) is 7.60. The molecule has 0 bridgehead atoms. The Morgan fingerprint density at radius 2 is 2.28 bits per heavy atom. The van der Waals surface area contributed by atoms with Gasteiger partial charge in [-0.15, -0.1) is 0 Å². The number of rotatable bonds is 5. The first-order valence-electron chi connectivity index (χ1n) is 5.89. The van der Waals surface area contributed by atoms with E-state index in [0.29, 0.717) is 11.0 Å². The lowest BCUT2D eigenvalue weighted by Crippen LogP contribution is -2.31. The third-order valence-corrected chi connectivity index (χ3v) is 2.81. The number of aromatic nitrogens is 1. The normalized spacial score (nSPS) is 11.6. The van der Waals surface area contributed by atoms with Crippen LogP contribution in [0.5, 0.6) is 0 Å². The molecule has 5 N–H and O–H groups in total. The largest absolute Gasteiger partial charge is 0.370 e. The number of nitrogens with one attached hydrogen (secondary N) is 1. The van der Waals surface area contributed by atoms with Crippen molar-refractivity contribution in [2.45, 2.75) is 19.8 Å². The molecular formula is C12H19N5S.